The minimum Gasteiger partial charge on any atom is -0.391 e. The van der Waals surface area contributed by atoms with E-state index >= 15 is 0 Å². The number of carbonyl (C=O) groups is 3. The summed E-state index contributed by atoms with van der Waals surface area (Å²) in [6, 6.07) is 6.05. The van der Waals surface area contributed by atoms with E-state index in [1.807, 2.05) is 57.5 Å². The average molecular weight is 817 g/mol. The normalized spacial score (nSPS) is 16.0. The van der Waals surface area contributed by atoms with Crippen molar-refractivity contribution in [1.29, 1.82) is 0 Å². The number of likely N-dealkylation sites (tertiary alicyclic amines) is 1. The summed E-state index contributed by atoms with van der Waals surface area (Å²) in [6.07, 6.45) is 9.75. The van der Waals surface area contributed by atoms with Crippen molar-refractivity contribution in [1.82, 2.24) is 20.5 Å². The highest BCUT2D eigenvalue weighted by Crippen LogP contribution is 2.28. The second-order valence-electron chi connectivity index (χ2n) is 14.9. The van der Waals surface area contributed by atoms with Crippen LogP contribution in [0.25, 0.3) is 10.4 Å². The van der Waals surface area contributed by atoms with Crippen LogP contribution in [-0.4, -0.2) is 137 Å². The maximum absolute atomic E-state index is 13.8. The first kappa shape index (κ1) is 47.9. The SMILES string of the molecule is C#CCCCCCCOCCOCCOCCOCCOCCOCC(=O)N[C@H](C(=O)N1C[C@H](O)C[C@H]1C(=O)NCc1ccc(-c2scnc2C)cc1)C(C)(C)C. The van der Waals surface area contributed by atoms with Gasteiger partial charge in [-0.2, -0.15) is 0 Å². The molecular formula is C42H64N4O10S. The molecule has 3 N–H and O–H groups in total. The molecule has 318 valence electrons. The number of β-amino-alcohol motifs (C(OH)–C–C–N with tert-alkyl or cyclic N) is 1. The summed E-state index contributed by atoms with van der Waals surface area (Å²) in [5.41, 5.74) is 4.05. The van der Waals surface area contributed by atoms with E-state index in [0.717, 1.165) is 60.4 Å². The van der Waals surface area contributed by atoms with E-state index < -0.39 is 35.4 Å². The summed E-state index contributed by atoms with van der Waals surface area (Å²) < 4.78 is 33.1. The third-order valence-corrected chi connectivity index (χ3v) is 10.1. The molecule has 14 nitrogen and oxygen atoms in total. The van der Waals surface area contributed by atoms with E-state index in [1.54, 1.807) is 11.3 Å². The van der Waals surface area contributed by atoms with Gasteiger partial charge in [0.15, 0.2) is 0 Å². The molecule has 3 atom stereocenters. The summed E-state index contributed by atoms with van der Waals surface area (Å²) in [4.78, 5) is 46.8. The minimum atomic E-state index is -0.947. The van der Waals surface area contributed by atoms with Gasteiger partial charge < -0.3 is 49.1 Å². The molecule has 0 saturated carbocycles. The van der Waals surface area contributed by atoms with Crippen LogP contribution < -0.4 is 10.6 Å². The van der Waals surface area contributed by atoms with Crippen LogP contribution in [0.3, 0.4) is 0 Å². The number of nitrogens with zero attached hydrogens (tertiary/aromatic N) is 2. The van der Waals surface area contributed by atoms with E-state index in [4.69, 9.17) is 34.8 Å². The van der Waals surface area contributed by atoms with E-state index in [0.29, 0.717) is 52.9 Å². The number of carbonyl (C=O) groups excluding carboxylic acids is 3. The highest BCUT2D eigenvalue weighted by Gasteiger charge is 2.44. The van der Waals surface area contributed by atoms with Gasteiger partial charge in [-0.05, 0) is 36.3 Å². The Labute approximate surface area is 342 Å². The zero-order chi connectivity index (χ0) is 41.3. The molecule has 2 heterocycles. The van der Waals surface area contributed by atoms with Crippen LogP contribution >= 0.6 is 11.3 Å². The summed E-state index contributed by atoms with van der Waals surface area (Å²) >= 11 is 1.57. The lowest BCUT2D eigenvalue weighted by Gasteiger charge is -2.35. The zero-order valence-electron chi connectivity index (χ0n) is 34.3. The molecule has 3 rings (SSSR count). The molecule has 1 aliphatic rings. The molecule has 1 saturated heterocycles. The molecule has 1 aromatic heterocycles. The average Bonchev–Trinajstić information content (AvgIpc) is 3.80. The molecule has 15 heteroatoms. The Kier molecular flexibility index (Phi) is 22.9. The number of terminal acetylenes is 1. The van der Waals surface area contributed by atoms with Gasteiger partial charge in [0.25, 0.3) is 0 Å². The van der Waals surface area contributed by atoms with Gasteiger partial charge >= 0.3 is 0 Å². The van der Waals surface area contributed by atoms with Gasteiger partial charge in [-0.25, -0.2) is 4.98 Å². The van der Waals surface area contributed by atoms with Crippen LogP contribution in [-0.2, 0) is 49.3 Å². The predicted molar refractivity (Wildman–Crippen MR) is 218 cm³/mol. The maximum Gasteiger partial charge on any atom is 0.246 e. The Balaban J connectivity index is 1.23. The number of nitrogens with one attached hydrogen (secondary N) is 2. The summed E-state index contributed by atoms with van der Waals surface area (Å²) in [5, 5.41) is 16.2. The molecule has 1 aromatic carbocycles. The van der Waals surface area contributed by atoms with Crippen molar-refractivity contribution in [3.8, 4) is 22.8 Å². The Morgan fingerprint density at radius 2 is 1.44 bits per heavy atom. The lowest BCUT2D eigenvalue weighted by atomic mass is 9.85. The standard InChI is InChI=1S/C42H64N4O10S/c1-6-7-8-9-10-11-16-51-17-18-52-19-20-53-21-22-54-23-24-55-25-26-56-30-37(48)45-39(42(3,4)5)41(50)46-29-35(47)27-36(46)40(49)43-28-33-12-14-34(15-13-33)38-32(2)44-31-57-38/h1,12-15,31,35-36,39,47H,7-11,16-30H2,2-5H3,(H,43,49)(H,45,48)/t35-,36+,39-/m1/s1. The van der Waals surface area contributed by atoms with E-state index in [-0.39, 0.29) is 45.2 Å². The first-order chi connectivity index (χ1) is 27.5. The molecule has 0 spiro atoms. The molecule has 0 bridgehead atoms. The number of rotatable bonds is 29. The van der Waals surface area contributed by atoms with Crippen LogP contribution in [0, 0.1) is 24.7 Å². The fraction of sp³-hybridized carbons (Fsp3) is 0.667. The minimum absolute atomic E-state index is 0.00570. The van der Waals surface area contributed by atoms with Gasteiger partial charge in [-0.15, -0.1) is 23.7 Å². The molecule has 3 amide bonds. The number of hydrogen-bond donors (Lipinski definition) is 3. The van der Waals surface area contributed by atoms with Crippen LogP contribution in [0.5, 0.6) is 0 Å². The Morgan fingerprint density at radius 3 is 1.98 bits per heavy atom. The topological polar surface area (TPSA) is 167 Å². The molecule has 2 aromatic rings. The van der Waals surface area contributed by atoms with Crippen molar-refractivity contribution < 1.29 is 47.9 Å². The lowest BCUT2D eigenvalue weighted by molar-refractivity contribution is -0.144. The third kappa shape index (κ3) is 18.8. The van der Waals surface area contributed by atoms with Crippen LogP contribution in [0.2, 0.25) is 0 Å². The molecule has 0 aliphatic carbocycles. The molecule has 1 fully saturated rings. The molecule has 0 radical (unpaired) electrons. The first-order valence-electron chi connectivity index (χ1n) is 20.0. The van der Waals surface area contributed by atoms with Gasteiger partial charge in [0, 0.05) is 32.5 Å². The van der Waals surface area contributed by atoms with Crippen molar-refractivity contribution in [3.05, 3.63) is 41.0 Å². The van der Waals surface area contributed by atoms with Crippen LogP contribution in [0.15, 0.2) is 29.8 Å². The first-order valence-corrected chi connectivity index (χ1v) is 20.8. The number of aromatic nitrogens is 1. The number of aryl methyl sites for hydroxylation is 1. The van der Waals surface area contributed by atoms with Gasteiger partial charge in [-0.1, -0.05) is 57.9 Å². The van der Waals surface area contributed by atoms with E-state index in [9.17, 15) is 19.5 Å². The smallest absolute Gasteiger partial charge is 0.246 e. The molecule has 0 unspecified atom stereocenters. The number of unbranched alkanes of at least 4 members (excludes halogenated alkanes) is 4. The zero-order valence-corrected chi connectivity index (χ0v) is 35.1. The molecule has 1 aliphatic heterocycles. The molecular weight excluding hydrogens is 753 g/mol. The maximum atomic E-state index is 13.8. The third-order valence-electron chi connectivity index (χ3n) is 9.16. The van der Waals surface area contributed by atoms with Crippen molar-refractivity contribution in [2.75, 3.05) is 85.8 Å². The molecule has 57 heavy (non-hydrogen) atoms. The number of ether oxygens (including phenoxy) is 6. The van der Waals surface area contributed by atoms with Crippen molar-refractivity contribution in [2.24, 2.45) is 5.41 Å². The van der Waals surface area contributed by atoms with Crippen molar-refractivity contribution >= 4 is 29.1 Å². The van der Waals surface area contributed by atoms with Crippen molar-refractivity contribution in [2.45, 2.75) is 91.0 Å². The fourth-order valence-electron chi connectivity index (χ4n) is 6.03. The number of benzene rings is 1. The van der Waals surface area contributed by atoms with Gasteiger partial charge in [0.2, 0.25) is 17.7 Å². The Bertz CT molecular complexity index is 1490. The Morgan fingerprint density at radius 1 is 0.877 bits per heavy atom. The number of aliphatic hydroxyl groups is 1. The highest BCUT2D eigenvalue weighted by molar-refractivity contribution is 7.13. The number of amides is 3. The summed E-state index contributed by atoms with van der Waals surface area (Å²) in [7, 11) is 0. The number of thiazole rings is 1. The quantitative estimate of drug-likeness (QED) is 0.0805. The van der Waals surface area contributed by atoms with Gasteiger partial charge in [0.1, 0.15) is 18.7 Å². The van der Waals surface area contributed by atoms with Gasteiger partial charge in [0.05, 0.1) is 88.3 Å². The summed E-state index contributed by atoms with van der Waals surface area (Å²) in [5.74, 6) is 1.38. The van der Waals surface area contributed by atoms with Crippen molar-refractivity contribution in [3.63, 3.8) is 0 Å². The highest BCUT2D eigenvalue weighted by atomic mass is 32.1. The predicted octanol–water partition coefficient (Wildman–Crippen LogP) is 3.91. The Hall–Kier alpha value is -3.46. The van der Waals surface area contributed by atoms with Crippen LogP contribution in [0.4, 0.5) is 0 Å². The number of aliphatic hydroxyl groups excluding tert-OH is 1. The van der Waals surface area contributed by atoms with E-state index in [2.05, 4.69) is 21.5 Å². The second kappa shape index (κ2) is 27.3. The largest absolute Gasteiger partial charge is 0.391 e. The lowest BCUT2D eigenvalue weighted by Crippen LogP contribution is -2.58. The van der Waals surface area contributed by atoms with Gasteiger partial charge in [-0.3, -0.25) is 14.4 Å². The number of hydrogen-bond acceptors (Lipinski definition) is 12. The summed E-state index contributed by atoms with van der Waals surface area (Å²) in [6.45, 7) is 12.4. The fourth-order valence-corrected chi connectivity index (χ4v) is 6.84. The van der Waals surface area contributed by atoms with E-state index in [1.165, 1.54) is 4.90 Å². The monoisotopic (exact) mass is 816 g/mol. The van der Waals surface area contributed by atoms with Crippen LogP contribution in [0.1, 0.15) is 70.6 Å². The second-order valence-corrected chi connectivity index (χ2v) is 15.8.